The highest BCUT2D eigenvalue weighted by Gasteiger charge is 2.14. The Labute approximate surface area is 120 Å². The lowest BCUT2D eigenvalue weighted by Crippen LogP contribution is -2.14. The van der Waals surface area contributed by atoms with Crippen molar-refractivity contribution in [1.29, 1.82) is 0 Å². The molecule has 20 heavy (non-hydrogen) atoms. The number of nitrogens with two attached hydrogens (primary N) is 1. The summed E-state index contributed by atoms with van der Waals surface area (Å²) in [6.45, 7) is 0. The zero-order valence-corrected chi connectivity index (χ0v) is 11.5. The molecule has 3 N–H and O–H groups in total. The van der Waals surface area contributed by atoms with Crippen LogP contribution in [0.2, 0.25) is 0 Å². The quantitative estimate of drug-likeness (QED) is 0.644. The van der Waals surface area contributed by atoms with E-state index in [1.807, 2.05) is 0 Å². The Morgan fingerprint density at radius 2 is 1.70 bits per heavy atom. The first-order valence-corrected chi connectivity index (χ1v) is 6.18. The lowest BCUT2D eigenvalue weighted by molar-refractivity contribution is 0.102. The van der Waals surface area contributed by atoms with Gasteiger partial charge >= 0.3 is 0 Å². The average Bonchev–Trinajstić information content (AvgIpc) is 2.35. The molecule has 0 bridgehead atoms. The maximum atomic E-state index is 13.0. The van der Waals surface area contributed by atoms with Crippen LogP contribution in [0.1, 0.15) is 10.4 Å². The van der Waals surface area contributed by atoms with Gasteiger partial charge in [0.1, 0.15) is 0 Å². The Morgan fingerprint density at radius 1 is 1.10 bits per heavy atom. The Hall–Kier alpha value is -2.02. The highest BCUT2D eigenvalue weighted by atomic mass is 79.9. The fourth-order valence-corrected chi connectivity index (χ4v) is 1.95. The van der Waals surface area contributed by atoms with E-state index >= 15 is 0 Å². The third-order valence-electron chi connectivity index (χ3n) is 2.50. The molecule has 0 aromatic heterocycles. The summed E-state index contributed by atoms with van der Waals surface area (Å²) in [5.74, 6) is -5.01. The number of carbonyl (C=O) groups excluding carboxylic acids is 1. The smallest absolute Gasteiger partial charge is 0.257 e. The minimum Gasteiger partial charge on any atom is -0.398 e. The molecule has 104 valence electrons. The predicted molar refractivity (Wildman–Crippen MR) is 72.8 cm³/mol. The number of halogens is 4. The number of rotatable bonds is 2. The monoisotopic (exact) mass is 344 g/mol. The molecule has 1 amide bonds. The normalized spacial score (nSPS) is 10.4. The van der Waals surface area contributed by atoms with Gasteiger partial charge in [0.25, 0.3) is 5.91 Å². The van der Waals surface area contributed by atoms with Gasteiger partial charge in [-0.1, -0.05) is 15.9 Å². The van der Waals surface area contributed by atoms with E-state index in [0.717, 1.165) is 0 Å². The van der Waals surface area contributed by atoms with Crippen LogP contribution in [0.3, 0.4) is 0 Å². The van der Waals surface area contributed by atoms with Gasteiger partial charge in [-0.15, -0.1) is 0 Å². The van der Waals surface area contributed by atoms with E-state index in [0.29, 0.717) is 16.6 Å². The summed E-state index contributed by atoms with van der Waals surface area (Å²) in [5.41, 5.74) is 5.79. The van der Waals surface area contributed by atoms with Crippen molar-refractivity contribution in [2.75, 3.05) is 11.1 Å². The first kappa shape index (κ1) is 14.4. The number of hydrogen-bond donors (Lipinski definition) is 2. The molecule has 7 heteroatoms. The number of anilines is 2. The molecule has 2 rings (SSSR count). The second kappa shape index (κ2) is 5.54. The molecule has 0 unspecified atom stereocenters. The second-order valence-electron chi connectivity index (χ2n) is 3.94. The number of amides is 1. The van der Waals surface area contributed by atoms with Gasteiger partial charge in [-0.05, 0) is 18.2 Å². The van der Waals surface area contributed by atoms with Crippen molar-refractivity contribution in [2.45, 2.75) is 0 Å². The van der Waals surface area contributed by atoms with Gasteiger partial charge in [0.05, 0.1) is 5.56 Å². The van der Waals surface area contributed by atoms with E-state index in [1.54, 1.807) is 6.07 Å². The molecule has 0 saturated carbocycles. The Balaban J connectivity index is 2.28. The van der Waals surface area contributed by atoms with Crippen molar-refractivity contribution < 1.29 is 18.0 Å². The van der Waals surface area contributed by atoms with Gasteiger partial charge in [-0.3, -0.25) is 4.79 Å². The number of carbonyl (C=O) groups is 1. The third-order valence-corrected chi connectivity index (χ3v) is 2.99. The SMILES string of the molecule is Nc1cc(Br)ccc1C(=O)Nc1cc(F)c(F)c(F)c1. The molecule has 0 radical (unpaired) electrons. The van der Waals surface area contributed by atoms with Crippen LogP contribution < -0.4 is 11.1 Å². The van der Waals surface area contributed by atoms with E-state index in [9.17, 15) is 18.0 Å². The lowest BCUT2D eigenvalue weighted by atomic mass is 10.1. The first-order valence-electron chi connectivity index (χ1n) is 5.39. The predicted octanol–water partition coefficient (Wildman–Crippen LogP) is 3.70. The van der Waals surface area contributed by atoms with Crippen LogP contribution in [0.15, 0.2) is 34.8 Å². The van der Waals surface area contributed by atoms with Crippen LogP contribution in [0.4, 0.5) is 24.5 Å². The van der Waals surface area contributed by atoms with Crippen molar-refractivity contribution in [3.05, 3.63) is 57.8 Å². The van der Waals surface area contributed by atoms with Gasteiger partial charge < -0.3 is 11.1 Å². The molecule has 3 nitrogen and oxygen atoms in total. The molecule has 0 aliphatic rings. The van der Waals surface area contributed by atoms with Gasteiger partial charge in [-0.25, -0.2) is 13.2 Å². The first-order chi connectivity index (χ1) is 9.38. The van der Waals surface area contributed by atoms with E-state index < -0.39 is 23.4 Å². The molecule has 0 saturated heterocycles. The molecule has 0 aliphatic carbocycles. The summed E-state index contributed by atoms with van der Waals surface area (Å²) in [6.07, 6.45) is 0. The molecule has 0 atom stereocenters. The zero-order valence-electron chi connectivity index (χ0n) is 9.88. The molecule has 0 fully saturated rings. The summed E-state index contributed by atoms with van der Waals surface area (Å²) < 4.78 is 39.5. The van der Waals surface area contributed by atoms with Gasteiger partial charge in [0.15, 0.2) is 17.5 Å². The van der Waals surface area contributed by atoms with E-state index in [2.05, 4.69) is 21.2 Å². The number of benzene rings is 2. The van der Waals surface area contributed by atoms with Crippen molar-refractivity contribution in [3.63, 3.8) is 0 Å². The van der Waals surface area contributed by atoms with E-state index in [1.165, 1.54) is 12.1 Å². The fraction of sp³-hybridized carbons (Fsp3) is 0. The van der Waals surface area contributed by atoms with Crippen molar-refractivity contribution >= 4 is 33.2 Å². The van der Waals surface area contributed by atoms with Crippen LogP contribution in [0.5, 0.6) is 0 Å². The van der Waals surface area contributed by atoms with Gasteiger partial charge in [-0.2, -0.15) is 0 Å². The highest BCUT2D eigenvalue weighted by molar-refractivity contribution is 9.10. The zero-order chi connectivity index (χ0) is 14.9. The van der Waals surface area contributed by atoms with Crippen LogP contribution in [-0.2, 0) is 0 Å². The van der Waals surface area contributed by atoms with Crippen LogP contribution in [0.25, 0.3) is 0 Å². The summed E-state index contributed by atoms with van der Waals surface area (Å²) in [4.78, 5) is 11.9. The minimum absolute atomic E-state index is 0.137. The van der Waals surface area contributed by atoms with Crippen LogP contribution in [-0.4, -0.2) is 5.91 Å². The maximum Gasteiger partial charge on any atom is 0.257 e. The highest BCUT2D eigenvalue weighted by Crippen LogP contribution is 2.21. The van der Waals surface area contributed by atoms with Gasteiger partial charge in [0.2, 0.25) is 0 Å². The molecule has 0 heterocycles. The lowest BCUT2D eigenvalue weighted by Gasteiger charge is -2.08. The third kappa shape index (κ3) is 2.93. The number of nitrogens with one attached hydrogen (secondary N) is 1. The van der Waals surface area contributed by atoms with E-state index in [4.69, 9.17) is 5.73 Å². The summed E-state index contributed by atoms with van der Waals surface area (Å²) in [7, 11) is 0. The summed E-state index contributed by atoms with van der Waals surface area (Å²) >= 11 is 3.19. The largest absolute Gasteiger partial charge is 0.398 e. The minimum atomic E-state index is -1.59. The Morgan fingerprint density at radius 3 is 2.25 bits per heavy atom. The van der Waals surface area contributed by atoms with Crippen LogP contribution >= 0.6 is 15.9 Å². The molecular weight excluding hydrogens is 337 g/mol. The number of hydrogen-bond acceptors (Lipinski definition) is 2. The molecule has 0 aliphatic heterocycles. The van der Waals surface area contributed by atoms with Crippen molar-refractivity contribution in [3.8, 4) is 0 Å². The Kier molecular flexibility index (Phi) is 3.99. The Bertz CT molecular complexity index is 668. The average molecular weight is 345 g/mol. The van der Waals surface area contributed by atoms with E-state index in [-0.39, 0.29) is 16.9 Å². The summed E-state index contributed by atoms with van der Waals surface area (Å²) in [6, 6.07) is 5.93. The molecule has 2 aromatic carbocycles. The molecule has 0 spiro atoms. The van der Waals surface area contributed by atoms with Crippen molar-refractivity contribution in [1.82, 2.24) is 0 Å². The van der Waals surface area contributed by atoms with Gasteiger partial charge in [0, 0.05) is 28.0 Å². The second-order valence-corrected chi connectivity index (χ2v) is 4.86. The standard InChI is InChI=1S/C13H8BrF3N2O/c14-6-1-2-8(11(18)3-6)13(20)19-7-4-9(15)12(17)10(16)5-7/h1-5H,18H2,(H,19,20). The maximum absolute atomic E-state index is 13.0. The van der Waals surface area contributed by atoms with Crippen LogP contribution in [0, 0.1) is 17.5 Å². The number of nitrogen functional groups attached to an aromatic ring is 1. The molecule has 2 aromatic rings. The van der Waals surface area contributed by atoms with Crippen molar-refractivity contribution in [2.24, 2.45) is 0 Å². The topological polar surface area (TPSA) is 55.1 Å². The fourth-order valence-electron chi connectivity index (χ4n) is 1.57. The summed E-state index contributed by atoms with van der Waals surface area (Å²) in [5, 5.41) is 2.25. The molecular formula is C13H8BrF3N2O.